The first kappa shape index (κ1) is 19.5. The van der Waals surface area contributed by atoms with Crippen molar-refractivity contribution < 1.29 is 22.8 Å². The molecule has 0 fully saturated rings. The molecule has 0 unspecified atom stereocenters. The first-order valence-electron chi connectivity index (χ1n) is 7.95. The Kier molecular flexibility index (Phi) is 5.69. The lowest BCUT2D eigenvalue weighted by atomic mass is 10.1. The van der Waals surface area contributed by atoms with Crippen molar-refractivity contribution in [2.75, 3.05) is 5.32 Å². The second-order valence-electron chi connectivity index (χ2n) is 5.58. The summed E-state index contributed by atoms with van der Waals surface area (Å²) in [5.74, 6) is -1.43. The zero-order chi connectivity index (χ0) is 20.1. The van der Waals surface area contributed by atoms with Crippen LogP contribution in [0.3, 0.4) is 0 Å². The molecule has 0 aliphatic rings. The molecule has 2 aromatic heterocycles. The number of carbonyl (C=O) groups is 2. The SMILES string of the molecule is O=C(NCc1cccnc1)c1csc(NC(=O)c2ccccc2C(F)(F)F)n1. The van der Waals surface area contributed by atoms with Gasteiger partial charge in [-0.1, -0.05) is 18.2 Å². The van der Waals surface area contributed by atoms with Gasteiger partial charge >= 0.3 is 6.18 Å². The van der Waals surface area contributed by atoms with Crippen molar-refractivity contribution in [2.45, 2.75) is 12.7 Å². The number of alkyl halides is 3. The van der Waals surface area contributed by atoms with Crippen molar-refractivity contribution in [1.29, 1.82) is 0 Å². The molecule has 28 heavy (non-hydrogen) atoms. The van der Waals surface area contributed by atoms with Crippen molar-refractivity contribution in [3.63, 3.8) is 0 Å². The predicted octanol–water partition coefficient (Wildman–Crippen LogP) is 3.74. The quantitative estimate of drug-likeness (QED) is 0.676. The molecular formula is C18H13F3N4O2S. The second-order valence-corrected chi connectivity index (χ2v) is 6.44. The van der Waals surface area contributed by atoms with Gasteiger partial charge in [0.25, 0.3) is 11.8 Å². The molecule has 0 aliphatic carbocycles. The molecule has 0 spiro atoms. The molecule has 0 aliphatic heterocycles. The van der Waals surface area contributed by atoms with Gasteiger partial charge in [-0.2, -0.15) is 13.2 Å². The Bertz CT molecular complexity index is 990. The highest BCUT2D eigenvalue weighted by Gasteiger charge is 2.35. The van der Waals surface area contributed by atoms with Gasteiger partial charge in [0, 0.05) is 24.3 Å². The standard InChI is InChI=1S/C18H13F3N4O2S/c19-18(20,21)13-6-2-1-5-12(13)15(26)25-17-24-14(10-28-17)16(27)23-9-11-4-3-7-22-8-11/h1-8,10H,9H2,(H,23,27)(H,24,25,26). The summed E-state index contributed by atoms with van der Waals surface area (Å²) in [6, 6.07) is 7.97. The maximum absolute atomic E-state index is 13.0. The van der Waals surface area contributed by atoms with E-state index in [9.17, 15) is 22.8 Å². The number of halogens is 3. The number of pyridine rings is 1. The van der Waals surface area contributed by atoms with E-state index in [1.807, 2.05) is 0 Å². The van der Waals surface area contributed by atoms with Crippen molar-refractivity contribution in [3.05, 3.63) is 76.6 Å². The molecule has 2 N–H and O–H groups in total. The van der Waals surface area contributed by atoms with Crippen LogP contribution in [0.15, 0.2) is 54.2 Å². The second kappa shape index (κ2) is 8.17. The molecule has 2 heterocycles. The third kappa shape index (κ3) is 4.71. The van der Waals surface area contributed by atoms with Crippen LogP contribution in [0.1, 0.15) is 32.0 Å². The van der Waals surface area contributed by atoms with Crippen LogP contribution in [0.4, 0.5) is 18.3 Å². The van der Waals surface area contributed by atoms with E-state index in [2.05, 4.69) is 20.6 Å². The van der Waals surface area contributed by atoms with Gasteiger partial charge in [0.2, 0.25) is 0 Å². The maximum Gasteiger partial charge on any atom is 0.417 e. The number of nitrogens with one attached hydrogen (secondary N) is 2. The third-order valence-corrected chi connectivity index (χ3v) is 4.37. The number of amides is 2. The van der Waals surface area contributed by atoms with Crippen LogP contribution in [-0.4, -0.2) is 21.8 Å². The van der Waals surface area contributed by atoms with Crippen LogP contribution in [-0.2, 0) is 12.7 Å². The lowest BCUT2D eigenvalue weighted by Gasteiger charge is -2.11. The Morgan fingerprint density at radius 1 is 1.07 bits per heavy atom. The van der Waals surface area contributed by atoms with Crippen LogP contribution in [0.2, 0.25) is 0 Å². The minimum absolute atomic E-state index is 0.0218. The number of hydrogen-bond acceptors (Lipinski definition) is 5. The van der Waals surface area contributed by atoms with E-state index in [4.69, 9.17) is 0 Å². The molecule has 0 atom stereocenters. The predicted molar refractivity (Wildman–Crippen MR) is 96.9 cm³/mol. The van der Waals surface area contributed by atoms with E-state index < -0.39 is 29.1 Å². The summed E-state index contributed by atoms with van der Waals surface area (Å²) in [5, 5.41) is 6.37. The minimum atomic E-state index is -4.66. The average molecular weight is 406 g/mol. The van der Waals surface area contributed by atoms with Crippen molar-refractivity contribution in [3.8, 4) is 0 Å². The summed E-state index contributed by atoms with van der Waals surface area (Å²) >= 11 is 0.938. The van der Waals surface area contributed by atoms with E-state index in [0.29, 0.717) is 0 Å². The number of rotatable bonds is 5. The summed E-state index contributed by atoms with van der Waals surface area (Å²) in [7, 11) is 0. The summed E-state index contributed by atoms with van der Waals surface area (Å²) in [6.07, 6.45) is -1.45. The zero-order valence-corrected chi connectivity index (χ0v) is 15.0. The number of aromatic nitrogens is 2. The molecule has 0 bridgehead atoms. The van der Waals surface area contributed by atoms with Gasteiger partial charge in [-0.05, 0) is 23.8 Å². The summed E-state index contributed by atoms with van der Waals surface area (Å²) in [6.45, 7) is 0.241. The number of hydrogen-bond donors (Lipinski definition) is 2. The molecule has 0 radical (unpaired) electrons. The molecule has 1 aromatic carbocycles. The maximum atomic E-state index is 13.0. The summed E-state index contributed by atoms with van der Waals surface area (Å²) < 4.78 is 39.1. The van der Waals surface area contributed by atoms with Crippen molar-refractivity contribution >= 4 is 28.3 Å². The van der Waals surface area contributed by atoms with Crippen LogP contribution >= 0.6 is 11.3 Å². The highest BCUT2D eigenvalue weighted by molar-refractivity contribution is 7.14. The van der Waals surface area contributed by atoms with Gasteiger partial charge in [0.05, 0.1) is 11.1 Å². The molecular weight excluding hydrogens is 393 g/mol. The van der Waals surface area contributed by atoms with Crippen LogP contribution < -0.4 is 10.6 Å². The Hall–Kier alpha value is -3.27. The monoisotopic (exact) mass is 406 g/mol. The number of carbonyl (C=O) groups excluding carboxylic acids is 2. The minimum Gasteiger partial charge on any atom is -0.347 e. The molecule has 0 saturated carbocycles. The average Bonchev–Trinajstić information content (AvgIpc) is 3.15. The van der Waals surface area contributed by atoms with Gasteiger partial charge in [-0.15, -0.1) is 11.3 Å². The summed E-state index contributed by atoms with van der Waals surface area (Å²) in [4.78, 5) is 32.2. The lowest BCUT2D eigenvalue weighted by molar-refractivity contribution is -0.137. The Balaban J connectivity index is 1.66. The van der Waals surface area contributed by atoms with Gasteiger partial charge < -0.3 is 5.32 Å². The van der Waals surface area contributed by atoms with Gasteiger partial charge in [0.15, 0.2) is 5.13 Å². The van der Waals surface area contributed by atoms with Crippen LogP contribution in [0.25, 0.3) is 0 Å². The Morgan fingerprint density at radius 2 is 1.86 bits per heavy atom. The first-order valence-corrected chi connectivity index (χ1v) is 8.83. The highest BCUT2D eigenvalue weighted by atomic mass is 32.1. The Labute approximate surface area is 161 Å². The van der Waals surface area contributed by atoms with Crippen LogP contribution in [0.5, 0.6) is 0 Å². The number of nitrogens with zero attached hydrogens (tertiary/aromatic N) is 2. The number of anilines is 1. The fraction of sp³-hybridized carbons (Fsp3) is 0.111. The highest BCUT2D eigenvalue weighted by Crippen LogP contribution is 2.32. The van der Waals surface area contributed by atoms with E-state index >= 15 is 0 Å². The van der Waals surface area contributed by atoms with Crippen molar-refractivity contribution in [2.24, 2.45) is 0 Å². The lowest BCUT2D eigenvalue weighted by Crippen LogP contribution is -2.23. The molecule has 0 saturated heterocycles. The largest absolute Gasteiger partial charge is 0.417 e. The molecule has 10 heteroatoms. The molecule has 6 nitrogen and oxygen atoms in total. The first-order chi connectivity index (χ1) is 13.3. The summed E-state index contributed by atoms with van der Waals surface area (Å²) in [5.41, 5.74) is -0.720. The Morgan fingerprint density at radius 3 is 2.57 bits per heavy atom. The fourth-order valence-electron chi connectivity index (χ4n) is 2.30. The van der Waals surface area contributed by atoms with Gasteiger partial charge in [-0.25, -0.2) is 4.98 Å². The van der Waals surface area contributed by atoms with E-state index in [0.717, 1.165) is 29.0 Å². The fourth-order valence-corrected chi connectivity index (χ4v) is 2.99. The van der Waals surface area contributed by atoms with Crippen molar-refractivity contribution in [1.82, 2.24) is 15.3 Å². The molecule has 3 rings (SSSR count). The van der Waals surface area contributed by atoms with Crippen LogP contribution in [0, 0.1) is 0 Å². The molecule has 144 valence electrons. The van der Waals surface area contributed by atoms with Gasteiger partial charge in [0.1, 0.15) is 5.69 Å². The zero-order valence-electron chi connectivity index (χ0n) is 14.2. The van der Waals surface area contributed by atoms with E-state index in [1.54, 1.807) is 24.5 Å². The number of benzene rings is 1. The number of thiazole rings is 1. The van der Waals surface area contributed by atoms with E-state index in [1.165, 1.54) is 17.5 Å². The van der Waals surface area contributed by atoms with E-state index in [-0.39, 0.29) is 17.4 Å². The van der Waals surface area contributed by atoms with Gasteiger partial charge in [-0.3, -0.25) is 19.9 Å². The smallest absolute Gasteiger partial charge is 0.347 e. The topological polar surface area (TPSA) is 84.0 Å². The normalized spacial score (nSPS) is 11.1. The molecule has 3 aromatic rings. The third-order valence-electron chi connectivity index (χ3n) is 3.61. The molecule has 2 amide bonds.